The summed E-state index contributed by atoms with van der Waals surface area (Å²) in [5, 5.41) is 11.3. The van der Waals surface area contributed by atoms with E-state index in [2.05, 4.69) is 21.3 Å². The lowest BCUT2D eigenvalue weighted by atomic mass is 10.0. The molecular formula is C19H26ClN5O4. The molecule has 0 saturated carbocycles. The number of anilines is 2. The number of nitrogens with one attached hydrogen (secondary N) is 4. The van der Waals surface area contributed by atoms with Gasteiger partial charge < -0.3 is 21.3 Å². The van der Waals surface area contributed by atoms with Gasteiger partial charge in [0.15, 0.2) is 0 Å². The fraction of sp³-hybridized carbons (Fsp3) is 0.474. The molecule has 2 aliphatic heterocycles. The maximum Gasteiger partial charge on any atom is 0.324 e. The molecule has 29 heavy (non-hydrogen) atoms. The molecule has 0 radical (unpaired) electrons. The van der Waals surface area contributed by atoms with Crippen molar-refractivity contribution in [2.45, 2.75) is 25.7 Å². The Balaban J connectivity index is 0.00000300. The largest absolute Gasteiger partial charge is 0.329 e. The van der Waals surface area contributed by atoms with Crippen LogP contribution in [0.4, 0.5) is 16.2 Å². The molecule has 1 atom stereocenters. The predicted molar refractivity (Wildman–Crippen MR) is 111 cm³/mol. The molecule has 9 nitrogen and oxygen atoms in total. The van der Waals surface area contributed by atoms with Crippen molar-refractivity contribution >= 4 is 47.5 Å². The monoisotopic (exact) mass is 423 g/mol. The Labute approximate surface area is 175 Å². The highest BCUT2D eigenvalue weighted by Crippen LogP contribution is 2.17. The molecule has 3 rings (SSSR count). The van der Waals surface area contributed by atoms with Crippen molar-refractivity contribution in [3.8, 4) is 0 Å². The average molecular weight is 424 g/mol. The number of nitrogens with zero attached hydrogens (tertiary/aromatic N) is 1. The number of benzene rings is 1. The van der Waals surface area contributed by atoms with Gasteiger partial charge in [0.25, 0.3) is 0 Å². The van der Waals surface area contributed by atoms with Crippen LogP contribution in [0, 0.1) is 5.92 Å². The molecule has 2 heterocycles. The highest BCUT2D eigenvalue weighted by molar-refractivity contribution is 6.02. The molecule has 1 aromatic rings. The second-order valence-corrected chi connectivity index (χ2v) is 7.03. The number of hydrogen-bond donors (Lipinski definition) is 4. The summed E-state index contributed by atoms with van der Waals surface area (Å²) in [6.45, 7) is 2.03. The fourth-order valence-electron chi connectivity index (χ4n) is 3.27. The molecule has 2 fully saturated rings. The number of hydrogen-bond acceptors (Lipinski definition) is 5. The summed E-state index contributed by atoms with van der Waals surface area (Å²) in [5.74, 6) is -0.0703. The molecule has 0 spiro atoms. The van der Waals surface area contributed by atoms with E-state index in [-0.39, 0.29) is 49.6 Å². The number of amides is 5. The maximum absolute atomic E-state index is 12.0. The van der Waals surface area contributed by atoms with Crippen LogP contribution < -0.4 is 21.3 Å². The van der Waals surface area contributed by atoms with Gasteiger partial charge in [-0.3, -0.25) is 19.3 Å². The van der Waals surface area contributed by atoms with Gasteiger partial charge in [0.1, 0.15) is 0 Å². The second kappa shape index (κ2) is 10.8. The van der Waals surface area contributed by atoms with Crippen LogP contribution in [0.15, 0.2) is 24.3 Å². The smallest absolute Gasteiger partial charge is 0.324 e. The van der Waals surface area contributed by atoms with E-state index in [1.54, 1.807) is 24.3 Å². The normalized spacial score (nSPS) is 18.2. The van der Waals surface area contributed by atoms with Crippen molar-refractivity contribution in [2.24, 2.45) is 5.92 Å². The van der Waals surface area contributed by atoms with Gasteiger partial charge in [0.2, 0.25) is 17.7 Å². The van der Waals surface area contributed by atoms with Gasteiger partial charge in [-0.1, -0.05) is 0 Å². The Hall–Kier alpha value is -2.65. The summed E-state index contributed by atoms with van der Waals surface area (Å²) in [5.41, 5.74) is 1.25. The van der Waals surface area contributed by atoms with Crippen LogP contribution in [-0.2, 0) is 14.4 Å². The van der Waals surface area contributed by atoms with Gasteiger partial charge in [-0.15, -0.1) is 12.4 Å². The maximum atomic E-state index is 12.0. The zero-order chi connectivity index (χ0) is 19.9. The van der Waals surface area contributed by atoms with Crippen LogP contribution >= 0.6 is 12.4 Å². The molecule has 2 saturated heterocycles. The summed E-state index contributed by atoms with van der Waals surface area (Å²) in [7, 11) is 0. The van der Waals surface area contributed by atoms with Gasteiger partial charge in [0, 0.05) is 30.8 Å². The van der Waals surface area contributed by atoms with Crippen LogP contribution in [-0.4, -0.2) is 54.8 Å². The molecule has 10 heteroatoms. The molecule has 5 amide bonds. The third-order valence-electron chi connectivity index (χ3n) is 4.89. The molecule has 0 aliphatic carbocycles. The van der Waals surface area contributed by atoms with Gasteiger partial charge in [-0.2, -0.15) is 0 Å². The van der Waals surface area contributed by atoms with Crippen molar-refractivity contribution in [3.05, 3.63) is 24.3 Å². The lowest BCUT2D eigenvalue weighted by molar-refractivity contribution is -0.125. The number of urea groups is 1. The fourth-order valence-corrected chi connectivity index (χ4v) is 3.27. The summed E-state index contributed by atoms with van der Waals surface area (Å²) < 4.78 is 0. The van der Waals surface area contributed by atoms with Crippen molar-refractivity contribution in [1.82, 2.24) is 15.5 Å². The van der Waals surface area contributed by atoms with Crippen LogP contribution in [0.1, 0.15) is 25.7 Å². The molecule has 0 aromatic heterocycles. The Bertz CT molecular complexity index is 733. The number of rotatable bonds is 8. The molecule has 0 bridgehead atoms. The van der Waals surface area contributed by atoms with Crippen LogP contribution in [0.2, 0.25) is 0 Å². The molecule has 2 aliphatic rings. The Morgan fingerprint density at radius 3 is 2.17 bits per heavy atom. The predicted octanol–water partition coefficient (Wildman–Crippen LogP) is 1.32. The average Bonchev–Trinajstić information content (AvgIpc) is 3.30. The first-order valence-electron chi connectivity index (χ1n) is 9.50. The quantitative estimate of drug-likeness (QED) is 0.470. The summed E-state index contributed by atoms with van der Waals surface area (Å²) in [6, 6.07) is 6.37. The first-order valence-corrected chi connectivity index (χ1v) is 9.50. The SMILES string of the molecule is Cl.O=C(CCC1CCNC1)Nc1ccc(NC(=O)CCN2C(=O)CNC2=O)cc1. The van der Waals surface area contributed by atoms with E-state index in [9.17, 15) is 19.2 Å². The minimum absolute atomic E-state index is 0. The number of carbonyl (C=O) groups is 4. The minimum atomic E-state index is -0.470. The van der Waals surface area contributed by atoms with Crippen molar-refractivity contribution in [2.75, 3.05) is 36.8 Å². The van der Waals surface area contributed by atoms with E-state index >= 15 is 0 Å². The molecule has 1 unspecified atom stereocenters. The molecule has 158 valence electrons. The topological polar surface area (TPSA) is 120 Å². The molecular weight excluding hydrogens is 398 g/mol. The lowest BCUT2D eigenvalue weighted by Gasteiger charge is -2.12. The van der Waals surface area contributed by atoms with Gasteiger partial charge in [-0.25, -0.2) is 4.79 Å². The Kier molecular flexibility index (Phi) is 8.41. The second-order valence-electron chi connectivity index (χ2n) is 7.03. The number of halogens is 1. The van der Waals surface area contributed by atoms with Crippen molar-refractivity contribution in [1.29, 1.82) is 0 Å². The first-order chi connectivity index (χ1) is 13.5. The van der Waals surface area contributed by atoms with E-state index in [0.29, 0.717) is 23.7 Å². The van der Waals surface area contributed by atoms with Crippen LogP contribution in [0.25, 0.3) is 0 Å². The van der Waals surface area contributed by atoms with Crippen molar-refractivity contribution < 1.29 is 19.2 Å². The first kappa shape index (κ1) is 22.6. The third-order valence-corrected chi connectivity index (χ3v) is 4.89. The summed E-state index contributed by atoms with van der Waals surface area (Å²) >= 11 is 0. The van der Waals surface area contributed by atoms with E-state index in [4.69, 9.17) is 0 Å². The van der Waals surface area contributed by atoms with Crippen LogP contribution in [0.5, 0.6) is 0 Å². The summed E-state index contributed by atoms with van der Waals surface area (Å²) in [6.07, 6.45) is 2.52. The van der Waals surface area contributed by atoms with Crippen LogP contribution in [0.3, 0.4) is 0 Å². The lowest BCUT2D eigenvalue weighted by Crippen LogP contribution is -2.33. The van der Waals surface area contributed by atoms with E-state index in [1.165, 1.54) is 0 Å². The third kappa shape index (κ3) is 6.72. The highest BCUT2D eigenvalue weighted by Gasteiger charge is 2.28. The van der Waals surface area contributed by atoms with Gasteiger partial charge >= 0.3 is 6.03 Å². The number of imide groups is 1. The molecule has 1 aromatic carbocycles. The minimum Gasteiger partial charge on any atom is -0.329 e. The zero-order valence-corrected chi connectivity index (χ0v) is 16.8. The molecule has 4 N–H and O–H groups in total. The van der Waals surface area contributed by atoms with E-state index in [0.717, 1.165) is 30.8 Å². The summed E-state index contributed by atoms with van der Waals surface area (Å²) in [4.78, 5) is 48.0. The Morgan fingerprint density at radius 1 is 1.03 bits per heavy atom. The van der Waals surface area contributed by atoms with Gasteiger partial charge in [0.05, 0.1) is 6.54 Å². The standard InChI is InChI=1S/C19H25N5O4.ClH/c25-16(6-1-13-7-9-20-11-13)22-14-2-4-15(5-3-14)23-17(26)8-10-24-18(27)12-21-19(24)28;/h2-5,13,20H,1,6-12H2,(H,21,28)(H,22,25)(H,23,26);1H. The van der Waals surface area contributed by atoms with E-state index < -0.39 is 6.03 Å². The van der Waals surface area contributed by atoms with Crippen molar-refractivity contribution in [3.63, 3.8) is 0 Å². The Morgan fingerprint density at radius 2 is 1.66 bits per heavy atom. The van der Waals surface area contributed by atoms with E-state index in [1.807, 2.05) is 0 Å². The number of carbonyl (C=O) groups excluding carboxylic acids is 4. The van der Waals surface area contributed by atoms with Gasteiger partial charge in [-0.05, 0) is 56.1 Å². The zero-order valence-electron chi connectivity index (χ0n) is 16.0. The highest BCUT2D eigenvalue weighted by atomic mass is 35.5.